The smallest absolute Gasteiger partial charge is 0.147 e. The predicted octanol–water partition coefficient (Wildman–Crippen LogP) is 1.82. The number of aromatic nitrogens is 1. The molecule has 0 radical (unpaired) electrons. The molecular formula is C11H14FNO2. The third-order valence-electron chi connectivity index (χ3n) is 2.74. The van der Waals surface area contributed by atoms with E-state index in [1.165, 1.54) is 12.3 Å². The molecule has 2 rings (SSSR count). The second-order valence-corrected chi connectivity index (χ2v) is 3.90. The van der Waals surface area contributed by atoms with Crippen LogP contribution >= 0.6 is 0 Å². The number of nitrogens with zero attached hydrogens (tertiary/aromatic N) is 1. The molecule has 0 aliphatic carbocycles. The van der Waals surface area contributed by atoms with Crippen molar-refractivity contribution < 1.29 is 14.2 Å². The van der Waals surface area contributed by atoms with Gasteiger partial charge in [0.2, 0.25) is 0 Å². The molecule has 3 atom stereocenters. The van der Waals surface area contributed by atoms with Crippen LogP contribution in [0.5, 0.6) is 0 Å². The summed E-state index contributed by atoms with van der Waals surface area (Å²) in [5, 5.41) is 9.93. The fourth-order valence-corrected chi connectivity index (χ4v) is 1.89. The molecule has 82 valence electrons. The van der Waals surface area contributed by atoms with Gasteiger partial charge in [-0.3, -0.25) is 4.98 Å². The number of aliphatic hydroxyl groups excluding tert-OH is 1. The average Bonchev–Trinajstić information content (AvgIpc) is 2.65. The first-order valence-corrected chi connectivity index (χ1v) is 5.11. The molecule has 1 aliphatic rings. The van der Waals surface area contributed by atoms with Crippen molar-refractivity contribution >= 4 is 0 Å². The summed E-state index contributed by atoms with van der Waals surface area (Å²) in [6.45, 7) is 1.95. The van der Waals surface area contributed by atoms with E-state index in [2.05, 4.69) is 4.98 Å². The standard InChI is InChI=1S/C11H14FNO2/c1-7-2-3-10(15-7)11(14)8-4-5-13-6-9(8)12/h4-7,10-11,14H,2-3H2,1H3. The molecule has 4 heteroatoms. The minimum Gasteiger partial charge on any atom is -0.386 e. The second kappa shape index (κ2) is 4.24. The third kappa shape index (κ3) is 2.16. The molecular weight excluding hydrogens is 197 g/mol. The predicted molar refractivity (Wildman–Crippen MR) is 52.7 cm³/mol. The van der Waals surface area contributed by atoms with Crippen molar-refractivity contribution in [3.63, 3.8) is 0 Å². The van der Waals surface area contributed by atoms with Gasteiger partial charge < -0.3 is 9.84 Å². The Bertz CT molecular complexity index is 345. The van der Waals surface area contributed by atoms with Gasteiger partial charge in [-0.05, 0) is 25.8 Å². The summed E-state index contributed by atoms with van der Waals surface area (Å²) in [5.41, 5.74) is 0.268. The molecule has 0 saturated carbocycles. The Morgan fingerprint density at radius 1 is 1.60 bits per heavy atom. The number of pyridine rings is 1. The summed E-state index contributed by atoms with van der Waals surface area (Å²) in [4.78, 5) is 3.64. The first-order chi connectivity index (χ1) is 7.18. The molecule has 1 aliphatic heterocycles. The van der Waals surface area contributed by atoms with Crippen LogP contribution in [-0.2, 0) is 4.74 Å². The number of halogens is 1. The van der Waals surface area contributed by atoms with Gasteiger partial charge in [0.25, 0.3) is 0 Å². The molecule has 1 fully saturated rings. The van der Waals surface area contributed by atoms with Crippen molar-refractivity contribution in [2.45, 2.75) is 38.1 Å². The van der Waals surface area contributed by atoms with Gasteiger partial charge in [0.1, 0.15) is 11.9 Å². The van der Waals surface area contributed by atoms with Crippen molar-refractivity contribution in [1.82, 2.24) is 4.98 Å². The van der Waals surface area contributed by atoms with Crippen LogP contribution in [0.1, 0.15) is 31.4 Å². The zero-order chi connectivity index (χ0) is 10.8. The highest BCUT2D eigenvalue weighted by Crippen LogP contribution is 2.30. The fourth-order valence-electron chi connectivity index (χ4n) is 1.89. The third-order valence-corrected chi connectivity index (χ3v) is 2.74. The molecule has 3 nitrogen and oxygen atoms in total. The lowest BCUT2D eigenvalue weighted by atomic mass is 10.0. The van der Waals surface area contributed by atoms with E-state index in [0.717, 1.165) is 19.0 Å². The second-order valence-electron chi connectivity index (χ2n) is 3.90. The molecule has 0 bridgehead atoms. The monoisotopic (exact) mass is 211 g/mol. The topological polar surface area (TPSA) is 42.4 Å². The molecule has 15 heavy (non-hydrogen) atoms. The van der Waals surface area contributed by atoms with Crippen LogP contribution in [0.4, 0.5) is 4.39 Å². The largest absolute Gasteiger partial charge is 0.386 e. The SMILES string of the molecule is CC1CCC(C(O)c2ccncc2F)O1. The van der Waals surface area contributed by atoms with Crippen LogP contribution in [0, 0.1) is 5.82 Å². The average molecular weight is 211 g/mol. The van der Waals surface area contributed by atoms with Gasteiger partial charge in [-0.1, -0.05) is 0 Å². The number of rotatable bonds is 2. The maximum atomic E-state index is 13.3. The van der Waals surface area contributed by atoms with Gasteiger partial charge in [-0.15, -0.1) is 0 Å². The lowest BCUT2D eigenvalue weighted by Gasteiger charge is -2.18. The molecule has 1 N–H and O–H groups in total. The van der Waals surface area contributed by atoms with E-state index in [0.29, 0.717) is 0 Å². The Morgan fingerprint density at radius 2 is 2.40 bits per heavy atom. The summed E-state index contributed by atoms with van der Waals surface area (Å²) >= 11 is 0. The molecule has 3 unspecified atom stereocenters. The summed E-state index contributed by atoms with van der Waals surface area (Å²) in [7, 11) is 0. The fraction of sp³-hybridized carbons (Fsp3) is 0.545. The van der Waals surface area contributed by atoms with E-state index in [4.69, 9.17) is 4.74 Å². The van der Waals surface area contributed by atoms with Crippen LogP contribution in [0.25, 0.3) is 0 Å². The lowest BCUT2D eigenvalue weighted by molar-refractivity contribution is -0.0311. The van der Waals surface area contributed by atoms with Gasteiger partial charge in [0, 0.05) is 11.8 Å². The van der Waals surface area contributed by atoms with Gasteiger partial charge in [-0.2, -0.15) is 0 Å². The first kappa shape index (κ1) is 10.5. The molecule has 2 heterocycles. The Morgan fingerprint density at radius 3 is 3.00 bits per heavy atom. The van der Waals surface area contributed by atoms with E-state index >= 15 is 0 Å². The highest BCUT2D eigenvalue weighted by molar-refractivity contribution is 5.17. The Balaban J connectivity index is 2.14. The van der Waals surface area contributed by atoms with Crippen LogP contribution < -0.4 is 0 Å². The van der Waals surface area contributed by atoms with Crippen LogP contribution in [0.3, 0.4) is 0 Å². The van der Waals surface area contributed by atoms with Gasteiger partial charge in [0.05, 0.1) is 18.4 Å². The van der Waals surface area contributed by atoms with Crippen molar-refractivity contribution in [3.05, 3.63) is 29.8 Å². The van der Waals surface area contributed by atoms with Gasteiger partial charge in [0.15, 0.2) is 0 Å². The van der Waals surface area contributed by atoms with E-state index in [1.807, 2.05) is 6.92 Å². The number of hydrogen-bond donors (Lipinski definition) is 1. The van der Waals surface area contributed by atoms with Crippen molar-refractivity contribution in [3.8, 4) is 0 Å². The molecule has 1 aromatic rings. The van der Waals surface area contributed by atoms with Crippen molar-refractivity contribution in [2.24, 2.45) is 0 Å². The lowest BCUT2D eigenvalue weighted by Crippen LogP contribution is -2.19. The number of ether oxygens (including phenoxy) is 1. The molecule has 1 saturated heterocycles. The van der Waals surface area contributed by atoms with Crippen LogP contribution in [0.15, 0.2) is 18.5 Å². The maximum absolute atomic E-state index is 13.3. The highest BCUT2D eigenvalue weighted by atomic mass is 19.1. The normalized spacial score (nSPS) is 27.9. The maximum Gasteiger partial charge on any atom is 0.147 e. The Hall–Kier alpha value is -1.00. The summed E-state index contributed by atoms with van der Waals surface area (Å²) in [5.74, 6) is -0.479. The van der Waals surface area contributed by atoms with E-state index in [1.54, 1.807) is 0 Å². The minimum atomic E-state index is -0.891. The number of aliphatic hydroxyl groups is 1. The van der Waals surface area contributed by atoms with Crippen molar-refractivity contribution in [1.29, 1.82) is 0 Å². The molecule has 1 aromatic heterocycles. The quantitative estimate of drug-likeness (QED) is 0.811. The van der Waals surface area contributed by atoms with Crippen molar-refractivity contribution in [2.75, 3.05) is 0 Å². The minimum absolute atomic E-state index is 0.148. The number of hydrogen-bond acceptors (Lipinski definition) is 3. The van der Waals surface area contributed by atoms with E-state index < -0.39 is 11.9 Å². The highest BCUT2D eigenvalue weighted by Gasteiger charge is 2.30. The Labute approximate surface area is 87.9 Å². The summed E-state index contributed by atoms with van der Waals surface area (Å²) in [6, 6.07) is 1.49. The van der Waals surface area contributed by atoms with E-state index in [-0.39, 0.29) is 17.8 Å². The molecule has 0 amide bonds. The molecule has 0 aromatic carbocycles. The first-order valence-electron chi connectivity index (χ1n) is 5.11. The summed E-state index contributed by atoms with van der Waals surface area (Å²) in [6.07, 6.45) is 3.22. The molecule has 0 spiro atoms. The Kier molecular flexibility index (Phi) is 2.98. The van der Waals surface area contributed by atoms with Gasteiger partial charge in [-0.25, -0.2) is 4.39 Å². The van der Waals surface area contributed by atoms with Crippen LogP contribution in [0.2, 0.25) is 0 Å². The zero-order valence-corrected chi connectivity index (χ0v) is 8.56. The zero-order valence-electron chi connectivity index (χ0n) is 8.56. The summed E-state index contributed by atoms with van der Waals surface area (Å²) < 4.78 is 18.8. The van der Waals surface area contributed by atoms with Crippen LogP contribution in [-0.4, -0.2) is 22.3 Å². The van der Waals surface area contributed by atoms with E-state index in [9.17, 15) is 9.50 Å². The van der Waals surface area contributed by atoms with Gasteiger partial charge >= 0.3 is 0 Å².